The third-order valence-corrected chi connectivity index (χ3v) is 7.39. The lowest BCUT2D eigenvalue weighted by atomic mass is 9.86. The summed E-state index contributed by atoms with van der Waals surface area (Å²) in [6.07, 6.45) is 1.32. The second-order valence-electron chi connectivity index (χ2n) is 8.72. The van der Waals surface area contributed by atoms with Crippen LogP contribution in [0.3, 0.4) is 0 Å². The number of rotatable bonds is 5. The second kappa shape index (κ2) is 9.24. The second-order valence-corrected chi connectivity index (χ2v) is 9.53. The lowest BCUT2D eigenvalue weighted by Crippen LogP contribution is -2.32. The molecule has 2 atom stereocenters. The normalized spacial score (nSPS) is 19.5. The van der Waals surface area contributed by atoms with Crippen LogP contribution in [-0.2, 0) is 20.7 Å². The summed E-state index contributed by atoms with van der Waals surface area (Å²) in [6, 6.07) is 22.2. The monoisotopic (exact) mass is 478 g/mol. The van der Waals surface area contributed by atoms with Crippen LogP contribution in [0.25, 0.3) is 11.1 Å². The summed E-state index contributed by atoms with van der Waals surface area (Å²) < 4.78 is 11.6. The summed E-state index contributed by atoms with van der Waals surface area (Å²) in [5.41, 5.74) is 5.88. The van der Waals surface area contributed by atoms with Gasteiger partial charge in [0.1, 0.15) is 13.2 Å². The maximum atomic E-state index is 13.0. The van der Waals surface area contributed by atoms with E-state index < -0.39 is 0 Å². The van der Waals surface area contributed by atoms with Gasteiger partial charge in [-0.2, -0.15) is 0 Å². The lowest BCUT2D eigenvalue weighted by molar-refractivity contribution is -0.152. The Bertz CT molecular complexity index is 1170. The minimum atomic E-state index is -0.324. The fourth-order valence-electron chi connectivity index (χ4n) is 4.90. The third-order valence-electron chi connectivity index (χ3n) is 6.65. The zero-order chi connectivity index (χ0) is 22.9. The predicted octanol–water partition coefficient (Wildman–Crippen LogP) is 7.06. The van der Waals surface area contributed by atoms with E-state index in [1.807, 2.05) is 36.4 Å². The molecule has 1 saturated heterocycles. The van der Waals surface area contributed by atoms with Crippen molar-refractivity contribution < 1.29 is 14.3 Å². The highest BCUT2D eigenvalue weighted by atomic mass is 35.5. The molecule has 0 saturated carbocycles. The van der Waals surface area contributed by atoms with Crippen molar-refractivity contribution in [3.05, 3.63) is 106 Å². The van der Waals surface area contributed by atoms with E-state index >= 15 is 0 Å². The molecular weight excluding hydrogens is 455 g/mol. The molecule has 1 heterocycles. The Morgan fingerprint density at radius 2 is 1.64 bits per heavy atom. The largest absolute Gasteiger partial charge is 0.497 e. The quantitative estimate of drug-likeness (QED) is 0.368. The number of halogens is 2. The third kappa shape index (κ3) is 4.40. The molecule has 3 aromatic rings. The SMILES string of the molecule is C=C1OCC(C(=O)OCC2c3ccccc3-c3ccccc32)C[C@H]1Cc1ccc(Cl)c(Cl)c1. The Kier molecular flexibility index (Phi) is 6.18. The van der Waals surface area contributed by atoms with Crippen molar-refractivity contribution in [3.63, 3.8) is 0 Å². The van der Waals surface area contributed by atoms with Gasteiger partial charge in [0.15, 0.2) is 0 Å². The van der Waals surface area contributed by atoms with Gasteiger partial charge in [-0.15, -0.1) is 0 Å². The number of esters is 1. The number of benzene rings is 3. The first kappa shape index (κ1) is 22.1. The van der Waals surface area contributed by atoms with Crippen molar-refractivity contribution in [2.45, 2.75) is 18.8 Å². The van der Waals surface area contributed by atoms with Gasteiger partial charge in [-0.1, -0.05) is 84.4 Å². The zero-order valence-corrected chi connectivity index (χ0v) is 19.6. The van der Waals surface area contributed by atoms with Crippen molar-refractivity contribution in [3.8, 4) is 11.1 Å². The Balaban J connectivity index is 1.26. The summed E-state index contributed by atoms with van der Waals surface area (Å²) >= 11 is 12.2. The minimum absolute atomic E-state index is 0.0153. The Hall–Kier alpha value is -2.75. The van der Waals surface area contributed by atoms with Crippen molar-refractivity contribution in [1.29, 1.82) is 0 Å². The first-order valence-electron chi connectivity index (χ1n) is 11.1. The molecule has 5 heteroatoms. The maximum Gasteiger partial charge on any atom is 0.312 e. The standard InChI is InChI=1S/C28H24Cl2O3/c1-17-19(12-18-10-11-26(29)27(30)13-18)14-20(15-32-17)28(31)33-16-25-23-8-4-2-6-21(23)22-7-3-5-9-24(22)25/h2-11,13,19-20,25H,1,12,14-16H2/t19-,20?/m1/s1. The Morgan fingerprint density at radius 1 is 0.970 bits per heavy atom. The highest BCUT2D eigenvalue weighted by Gasteiger charge is 2.34. The van der Waals surface area contributed by atoms with Crippen LogP contribution in [0.15, 0.2) is 79.1 Å². The summed E-state index contributed by atoms with van der Waals surface area (Å²) in [5.74, 6) is 0.219. The van der Waals surface area contributed by atoms with E-state index in [4.69, 9.17) is 32.7 Å². The van der Waals surface area contributed by atoms with Crippen molar-refractivity contribution in [1.82, 2.24) is 0 Å². The molecule has 3 aromatic carbocycles. The van der Waals surface area contributed by atoms with Crippen LogP contribution in [0, 0.1) is 11.8 Å². The average molecular weight is 479 g/mol. The lowest BCUT2D eigenvalue weighted by Gasteiger charge is -2.30. The van der Waals surface area contributed by atoms with Crippen molar-refractivity contribution in [2.75, 3.05) is 13.2 Å². The van der Waals surface area contributed by atoms with E-state index in [0.717, 1.165) is 5.56 Å². The van der Waals surface area contributed by atoms with E-state index in [0.29, 0.717) is 41.9 Å². The van der Waals surface area contributed by atoms with E-state index in [1.54, 1.807) is 6.07 Å². The molecule has 5 rings (SSSR count). The number of hydrogen-bond acceptors (Lipinski definition) is 3. The molecule has 0 N–H and O–H groups in total. The predicted molar refractivity (Wildman–Crippen MR) is 132 cm³/mol. The summed E-state index contributed by atoms with van der Waals surface area (Å²) in [6.45, 7) is 4.67. The number of carbonyl (C=O) groups excluding carboxylic acids is 1. The molecule has 0 amide bonds. The minimum Gasteiger partial charge on any atom is -0.497 e. The average Bonchev–Trinajstić information content (AvgIpc) is 3.15. The Labute approximate surface area is 203 Å². The molecule has 2 aliphatic rings. The summed E-state index contributed by atoms with van der Waals surface area (Å²) in [7, 11) is 0. The summed E-state index contributed by atoms with van der Waals surface area (Å²) in [5, 5.41) is 1.04. The fraction of sp³-hybridized carbons (Fsp3) is 0.250. The summed E-state index contributed by atoms with van der Waals surface area (Å²) in [4.78, 5) is 13.0. The van der Waals surface area contributed by atoms with Gasteiger partial charge in [0.25, 0.3) is 0 Å². The molecule has 168 valence electrons. The molecule has 0 spiro atoms. The topological polar surface area (TPSA) is 35.5 Å². The first-order valence-corrected chi connectivity index (χ1v) is 11.9. The van der Waals surface area contributed by atoms with Gasteiger partial charge in [-0.3, -0.25) is 4.79 Å². The molecule has 1 fully saturated rings. The molecule has 1 aliphatic heterocycles. The molecule has 0 radical (unpaired) electrons. The molecular formula is C28H24Cl2O3. The zero-order valence-electron chi connectivity index (χ0n) is 18.1. The van der Waals surface area contributed by atoms with Gasteiger partial charge in [-0.05, 0) is 52.8 Å². The van der Waals surface area contributed by atoms with Gasteiger partial charge < -0.3 is 9.47 Å². The van der Waals surface area contributed by atoms with Crippen LogP contribution < -0.4 is 0 Å². The van der Waals surface area contributed by atoms with Gasteiger partial charge in [-0.25, -0.2) is 0 Å². The van der Waals surface area contributed by atoms with Crippen LogP contribution in [0.1, 0.15) is 29.0 Å². The molecule has 33 heavy (non-hydrogen) atoms. The van der Waals surface area contributed by atoms with E-state index in [1.165, 1.54) is 22.3 Å². The van der Waals surface area contributed by atoms with Gasteiger partial charge >= 0.3 is 5.97 Å². The van der Waals surface area contributed by atoms with Crippen molar-refractivity contribution in [2.24, 2.45) is 11.8 Å². The van der Waals surface area contributed by atoms with Crippen LogP contribution in [-0.4, -0.2) is 19.2 Å². The number of allylic oxidation sites excluding steroid dienone is 1. The fourth-order valence-corrected chi connectivity index (χ4v) is 5.22. The van der Waals surface area contributed by atoms with Gasteiger partial charge in [0.05, 0.1) is 21.7 Å². The first-order chi connectivity index (χ1) is 16.0. The van der Waals surface area contributed by atoms with E-state index in [2.05, 4.69) is 30.8 Å². The smallest absolute Gasteiger partial charge is 0.312 e. The van der Waals surface area contributed by atoms with E-state index in [-0.39, 0.29) is 23.7 Å². The van der Waals surface area contributed by atoms with Gasteiger partial charge in [0.2, 0.25) is 0 Å². The Morgan fingerprint density at radius 3 is 2.30 bits per heavy atom. The molecule has 0 bridgehead atoms. The van der Waals surface area contributed by atoms with Gasteiger partial charge in [0, 0.05) is 11.8 Å². The van der Waals surface area contributed by atoms with Crippen molar-refractivity contribution >= 4 is 29.2 Å². The van der Waals surface area contributed by atoms with E-state index in [9.17, 15) is 4.79 Å². The van der Waals surface area contributed by atoms with Crippen LogP contribution in [0.5, 0.6) is 0 Å². The van der Waals surface area contributed by atoms with Crippen LogP contribution >= 0.6 is 23.2 Å². The van der Waals surface area contributed by atoms with Crippen LogP contribution in [0.2, 0.25) is 10.0 Å². The molecule has 1 unspecified atom stereocenters. The molecule has 0 aromatic heterocycles. The maximum absolute atomic E-state index is 13.0. The molecule has 1 aliphatic carbocycles. The van der Waals surface area contributed by atoms with Crippen LogP contribution in [0.4, 0.5) is 0 Å². The number of hydrogen-bond donors (Lipinski definition) is 0. The number of fused-ring (bicyclic) bond motifs is 3. The number of carbonyl (C=O) groups is 1. The number of ether oxygens (including phenoxy) is 2. The highest BCUT2D eigenvalue weighted by Crippen LogP contribution is 2.44. The molecule has 3 nitrogen and oxygen atoms in total. The highest BCUT2D eigenvalue weighted by molar-refractivity contribution is 6.42.